The number of hydrogen-bond donors (Lipinski definition) is 1. The first kappa shape index (κ1) is 20.7. The van der Waals surface area contributed by atoms with E-state index in [9.17, 15) is 20.0 Å². The number of halogens is 2. The van der Waals surface area contributed by atoms with E-state index >= 15 is 0 Å². The molecule has 3 aromatic rings. The summed E-state index contributed by atoms with van der Waals surface area (Å²) in [7, 11) is 5.08. The van der Waals surface area contributed by atoms with Crippen molar-refractivity contribution in [2.24, 2.45) is 0 Å². The molecule has 0 atom stereocenters. The Morgan fingerprint density at radius 3 is 2.25 bits per heavy atom. The van der Waals surface area contributed by atoms with Crippen LogP contribution in [0.1, 0.15) is 28.6 Å². The summed E-state index contributed by atoms with van der Waals surface area (Å²) in [6.07, 6.45) is 0.460. The van der Waals surface area contributed by atoms with Gasteiger partial charge in [-0.15, -0.1) is 0 Å². The van der Waals surface area contributed by atoms with Gasteiger partial charge in [0.15, 0.2) is 13.6 Å². The van der Waals surface area contributed by atoms with E-state index in [4.69, 9.17) is 4.42 Å². The van der Waals surface area contributed by atoms with Gasteiger partial charge in [-0.2, -0.15) is 0 Å². The maximum atomic E-state index is 13.4. The van der Waals surface area contributed by atoms with Crippen molar-refractivity contribution in [3.63, 3.8) is 0 Å². The van der Waals surface area contributed by atoms with E-state index in [1.54, 1.807) is 35.7 Å². The number of benzene rings is 2. The lowest BCUT2D eigenvalue weighted by Gasteiger charge is -2.10. The van der Waals surface area contributed by atoms with Crippen molar-refractivity contribution < 1.29 is 19.2 Å². The third-order valence-corrected chi connectivity index (χ3v) is 6.19. The fraction of sp³-hybridized carbons (Fsp3) is 0.118. The Bertz CT molecular complexity index is 1150. The summed E-state index contributed by atoms with van der Waals surface area (Å²) >= 11 is 6.49. The number of aromatic hydroxyl groups is 1. The lowest BCUT2D eigenvalue weighted by molar-refractivity contribution is -0.382. The molecule has 140 valence electrons. The van der Waals surface area contributed by atoms with Crippen LogP contribution in [0.5, 0.6) is 5.75 Å². The Morgan fingerprint density at radius 1 is 1.18 bits per heavy atom. The molecule has 0 aliphatic carbocycles. The third-order valence-electron chi connectivity index (χ3n) is 4.98. The number of ketones is 1. The zero-order chi connectivity index (χ0) is 20.9. The van der Waals surface area contributed by atoms with E-state index in [0.717, 1.165) is 0 Å². The number of furan rings is 1. The maximum Gasteiger partial charge on any atom is 0.259 e. The zero-order valence-electron chi connectivity index (χ0n) is 15.6. The summed E-state index contributed by atoms with van der Waals surface area (Å²) in [6.45, 7) is 1.86. The Kier molecular flexibility index (Phi) is 5.51. The molecule has 1 N–H and O–H groups in total. The molecule has 0 aliphatic heterocycles. The summed E-state index contributed by atoms with van der Waals surface area (Å²) in [5.74, 6) is 0.210. The molecule has 0 bridgehead atoms. The highest BCUT2D eigenvalue weighted by Crippen LogP contribution is 2.35. The van der Waals surface area contributed by atoms with E-state index in [0.29, 0.717) is 59.6 Å². The van der Waals surface area contributed by atoms with E-state index in [-0.39, 0.29) is 17.2 Å². The van der Waals surface area contributed by atoms with Crippen LogP contribution in [0.2, 0.25) is 0 Å². The Hall–Kier alpha value is -2.00. The van der Waals surface area contributed by atoms with E-state index in [1.807, 2.05) is 6.92 Å². The fourth-order valence-electron chi connectivity index (χ4n) is 3.46. The van der Waals surface area contributed by atoms with Crippen molar-refractivity contribution in [3.05, 3.63) is 48.1 Å². The molecular weight excluding hydrogens is 490 g/mol. The quantitative estimate of drug-likeness (QED) is 0.236. The second-order valence-electron chi connectivity index (χ2n) is 6.56. The van der Waals surface area contributed by atoms with Gasteiger partial charge in [-0.3, -0.25) is 14.9 Å². The number of fused-ring (bicyclic) bond motifs is 1. The minimum Gasteiger partial charge on any atom is -0.506 e. The molecule has 0 unspecified atom stereocenters. The van der Waals surface area contributed by atoms with Crippen LogP contribution in [-0.4, -0.2) is 39.4 Å². The molecule has 0 amide bonds. The average Bonchev–Trinajstić information content (AvgIpc) is 3.03. The molecule has 3 rings (SSSR count). The standard InChI is InChI=1S/C17H14B3Br2NO5/c1-2-8-9(15(24)5-3-6(21)16(25)7(22)4-5)10-11(18)12(19)14(23(26)27)13(20)17(10)28-8/h3-4,25H,2,18-20H2,1H3. The summed E-state index contributed by atoms with van der Waals surface area (Å²) < 4.78 is 6.70. The van der Waals surface area contributed by atoms with Crippen LogP contribution in [0, 0.1) is 10.1 Å². The molecule has 28 heavy (non-hydrogen) atoms. The van der Waals surface area contributed by atoms with Gasteiger partial charge in [-0.1, -0.05) is 12.4 Å². The number of rotatable bonds is 4. The average molecular weight is 505 g/mol. The Morgan fingerprint density at radius 2 is 1.75 bits per heavy atom. The van der Waals surface area contributed by atoms with Gasteiger partial charge in [0.1, 0.15) is 32.8 Å². The number of nitro benzene ring substituents is 1. The molecule has 1 aromatic heterocycles. The summed E-state index contributed by atoms with van der Waals surface area (Å²) in [4.78, 5) is 24.5. The molecule has 0 saturated carbocycles. The number of aryl methyl sites for hydroxylation is 1. The van der Waals surface area contributed by atoms with Crippen LogP contribution < -0.4 is 16.4 Å². The fourth-order valence-corrected chi connectivity index (χ4v) is 4.64. The van der Waals surface area contributed by atoms with Gasteiger partial charge in [0, 0.05) is 22.8 Å². The minimum absolute atomic E-state index is 0.00260. The van der Waals surface area contributed by atoms with Crippen LogP contribution in [0.4, 0.5) is 5.69 Å². The largest absolute Gasteiger partial charge is 0.506 e. The van der Waals surface area contributed by atoms with Crippen molar-refractivity contribution in [1.82, 2.24) is 0 Å². The second-order valence-corrected chi connectivity index (χ2v) is 8.26. The van der Waals surface area contributed by atoms with Crippen LogP contribution in [0.25, 0.3) is 11.0 Å². The maximum absolute atomic E-state index is 13.4. The topological polar surface area (TPSA) is 93.6 Å². The highest BCUT2D eigenvalue weighted by molar-refractivity contribution is 9.11. The first-order valence-electron chi connectivity index (χ1n) is 8.52. The van der Waals surface area contributed by atoms with Crippen LogP contribution in [0.3, 0.4) is 0 Å². The summed E-state index contributed by atoms with van der Waals surface area (Å²) in [6, 6.07) is 3.09. The van der Waals surface area contributed by atoms with Gasteiger partial charge < -0.3 is 9.52 Å². The molecule has 6 nitrogen and oxygen atoms in total. The van der Waals surface area contributed by atoms with Crippen molar-refractivity contribution in [3.8, 4) is 5.75 Å². The molecule has 0 fully saturated rings. The van der Waals surface area contributed by atoms with Crippen molar-refractivity contribution in [1.29, 1.82) is 0 Å². The van der Waals surface area contributed by atoms with Crippen LogP contribution in [-0.2, 0) is 6.42 Å². The van der Waals surface area contributed by atoms with E-state index in [1.165, 1.54) is 0 Å². The SMILES string of the molecule is Bc1c([N+](=O)[O-])c(B)c2oc(CC)c(C(=O)c3cc(Br)c(O)c(Br)c3)c2c1B. The van der Waals surface area contributed by atoms with Gasteiger partial charge in [0.2, 0.25) is 0 Å². The first-order chi connectivity index (χ1) is 13.1. The number of hydrogen-bond acceptors (Lipinski definition) is 5. The van der Waals surface area contributed by atoms with Crippen molar-refractivity contribution in [2.45, 2.75) is 13.3 Å². The number of nitrogens with zero attached hydrogens (tertiary/aromatic N) is 1. The molecule has 1 heterocycles. The Labute approximate surface area is 180 Å². The first-order valence-corrected chi connectivity index (χ1v) is 10.1. The summed E-state index contributed by atoms with van der Waals surface area (Å²) in [5, 5.41) is 22.1. The van der Waals surface area contributed by atoms with E-state index < -0.39 is 4.92 Å². The predicted molar refractivity (Wildman–Crippen MR) is 124 cm³/mol. The van der Waals surface area contributed by atoms with Crippen LogP contribution >= 0.6 is 31.9 Å². The van der Waals surface area contributed by atoms with Gasteiger partial charge in [-0.05, 0) is 49.5 Å². The number of phenolic OH excluding ortho intramolecular Hbond substituents is 1. The smallest absolute Gasteiger partial charge is 0.259 e. The lowest BCUT2D eigenvalue weighted by Crippen LogP contribution is -2.35. The van der Waals surface area contributed by atoms with Crippen molar-refractivity contribution in [2.75, 3.05) is 0 Å². The predicted octanol–water partition coefficient (Wildman–Crippen LogP) is 0.140. The van der Waals surface area contributed by atoms with Gasteiger partial charge in [0.25, 0.3) is 5.69 Å². The summed E-state index contributed by atoms with van der Waals surface area (Å²) in [5.41, 5.74) is 2.71. The molecule has 0 spiro atoms. The van der Waals surface area contributed by atoms with Crippen LogP contribution in [0.15, 0.2) is 25.5 Å². The van der Waals surface area contributed by atoms with E-state index in [2.05, 4.69) is 31.9 Å². The number of phenols is 1. The number of carbonyl (C=O) groups excluding carboxylic acids is 1. The minimum atomic E-state index is -0.416. The van der Waals surface area contributed by atoms with Gasteiger partial charge in [0.05, 0.1) is 19.4 Å². The Balaban J connectivity index is 2.38. The monoisotopic (exact) mass is 503 g/mol. The zero-order valence-corrected chi connectivity index (χ0v) is 18.8. The second kappa shape index (κ2) is 7.44. The molecule has 0 saturated heterocycles. The molecule has 11 heteroatoms. The number of carbonyl (C=O) groups is 1. The van der Waals surface area contributed by atoms with Gasteiger partial charge in [-0.25, -0.2) is 0 Å². The highest BCUT2D eigenvalue weighted by Gasteiger charge is 2.29. The normalized spacial score (nSPS) is 11.1. The number of nitro groups is 1. The van der Waals surface area contributed by atoms with Crippen molar-refractivity contribution >= 4 is 94.2 Å². The molecular formula is C17H14B3Br2NO5. The molecule has 0 aliphatic rings. The lowest BCUT2D eigenvalue weighted by atomic mass is 9.72. The molecule has 0 radical (unpaired) electrons. The third kappa shape index (κ3) is 3.10. The highest BCUT2D eigenvalue weighted by atomic mass is 79.9. The van der Waals surface area contributed by atoms with Gasteiger partial charge >= 0.3 is 0 Å². The molecule has 2 aromatic carbocycles.